The van der Waals surface area contributed by atoms with E-state index in [1.807, 2.05) is 0 Å². The van der Waals surface area contributed by atoms with Crippen molar-refractivity contribution in [1.29, 1.82) is 0 Å². The molecule has 6 amide bonds. The molecule has 1 fully saturated rings. The number of fused-ring (bicyclic) bond motifs is 2. The molecule has 0 spiro atoms. The summed E-state index contributed by atoms with van der Waals surface area (Å²) in [6.07, 6.45) is 0.198. The monoisotopic (exact) mass is 770 g/mol. The molecule has 3 heterocycles. The van der Waals surface area contributed by atoms with E-state index in [9.17, 15) is 33.9 Å². The molecule has 0 radical (unpaired) electrons. The van der Waals surface area contributed by atoms with Gasteiger partial charge in [-0.3, -0.25) is 28.8 Å². The van der Waals surface area contributed by atoms with Gasteiger partial charge in [0.2, 0.25) is 35.4 Å². The zero-order chi connectivity index (χ0) is 40.8. The number of rotatable bonds is 4. The lowest BCUT2D eigenvalue weighted by Crippen LogP contribution is -2.61. The Balaban J connectivity index is 1.59. The number of carbonyl (C=O) groups excluding carboxylic acids is 6. The number of benzene rings is 3. The van der Waals surface area contributed by atoms with Crippen molar-refractivity contribution in [3.8, 4) is 23.0 Å². The van der Waals surface area contributed by atoms with E-state index in [1.54, 1.807) is 67.6 Å². The molecule has 3 aliphatic heterocycles. The Morgan fingerprint density at radius 1 is 0.696 bits per heavy atom. The molecule has 3 aromatic rings. The second kappa shape index (κ2) is 17.6. The number of hydrogen-bond donors (Lipinski definition) is 4. The molecule has 6 bridgehead atoms. The normalized spacial score (nSPS) is 24.4. The maximum Gasteiger partial charge on any atom is 0.246 e. The Labute approximate surface area is 326 Å². The Morgan fingerprint density at radius 2 is 1.27 bits per heavy atom. The third kappa shape index (κ3) is 9.21. The van der Waals surface area contributed by atoms with Gasteiger partial charge in [0, 0.05) is 40.4 Å². The van der Waals surface area contributed by atoms with Crippen molar-refractivity contribution in [2.45, 2.75) is 82.7 Å². The van der Waals surface area contributed by atoms with Crippen LogP contribution in [-0.2, 0) is 48.0 Å². The highest BCUT2D eigenvalue weighted by atomic mass is 16.5. The number of phenols is 1. The fourth-order valence-electron chi connectivity index (χ4n) is 6.89. The lowest BCUT2D eigenvalue weighted by molar-refractivity contribution is -0.149. The van der Waals surface area contributed by atoms with Crippen LogP contribution < -0.4 is 25.4 Å². The maximum absolute atomic E-state index is 14.7. The van der Waals surface area contributed by atoms with Gasteiger partial charge in [0.25, 0.3) is 0 Å². The number of phenolic OH excluding ortho intramolecular Hbond substituents is 1. The van der Waals surface area contributed by atoms with Crippen molar-refractivity contribution in [3.05, 3.63) is 83.4 Å². The predicted octanol–water partition coefficient (Wildman–Crippen LogP) is 1.93. The minimum atomic E-state index is -1.20. The summed E-state index contributed by atoms with van der Waals surface area (Å²) in [5.41, 5.74) is 1.90. The Kier molecular flexibility index (Phi) is 12.9. The van der Waals surface area contributed by atoms with Gasteiger partial charge in [-0.15, -0.1) is 0 Å². The summed E-state index contributed by atoms with van der Waals surface area (Å²) in [6.45, 7) is 4.67. The molecular weight excluding hydrogens is 720 g/mol. The summed E-state index contributed by atoms with van der Waals surface area (Å²) in [6, 6.07) is 11.6. The zero-order valence-electron chi connectivity index (χ0n) is 32.7. The number of carbonyl (C=O) groups is 6. The van der Waals surface area contributed by atoms with Gasteiger partial charge in [-0.1, -0.05) is 37.3 Å². The molecule has 56 heavy (non-hydrogen) atoms. The molecule has 0 saturated carbocycles. The van der Waals surface area contributed by atoms with E-state index in [0.717, 1.165) is 0 Å². The van der Waals surface area contributed by atoms with Crippen molar-refractivity contribution >= 4 is 35.4 Å². The summed E-state index contributed by atoms with van der Waals surface area (Å²) in [5, 5.41) is 18.8. The number of methoxy groups -OCH3 is 1. The molecule has 4 N–H and O–H groups in total. The minimum absolute atomic E-state index is 0.0342. The molecule has 0 aliphatic carbocycles. The first-order valence-corrected chi connectivity index (χ1v) is 18.5. The average Bonchev–Trinajstić information content (AvgIpc) is 3.19. The van der Waals surface area contributed by atoms with Gasteiger partial charge in [0.05, 0.1) is 7.11 Å². The first-order chi connectivity index (χ1) is 26.6. The number of ether oxygens (including phenoxy) is 2. The number of amides is 6. The number of nitrogens with zero attached hydrogens (tertiary/aromatic N) is 3. The summed E-state index contributed by atoms with van der Waals surface area (Å²) in [4.78, 5) is 88.5. The first-order valence-electron chi connectivity index (χ1n) is 18.5. The van der Waals surface area contributed by atoms with Gasteiger partial charge in [0.1, 0.15) is 47.8 Å². The van der Waals surface area contributed by atoms with Crippen LogP contribution in [0.5, 0.6) is 23.0 Å². The standard InChI is InChI=1S/C41H50N6O9/c1-8-30-36(49)42-23(2)39(52)45(4)31(19-25-9-14-28(55-7)15-10-25)37(50)43-24(3)40(53)47(6)33-20-26-11-16-29(17-12-26)56-35-22-27(13-18-34(35)48)21-32(38(51)44-30)46(5)41(33)54/h9-18,22-24,30-33,48H,8,19-21H2,1-7H3,(H,42,49)(H,43,50)(H,44,51)/t23-,24-,30+,31-,32-,33-/m0/s1. The molecule has 1 saturated heterocycles. The van der Waals surface area contributed by atoms with Crippen LogP contribution in [-0.4, -0.2) is 120 Å². The minimum Gasteiger partial charge on any atom is -0.504 e. The largest absolute Gasteiger partial charge is 0.504 e. The van der Waals surface area contributed by atoms with E-state index in [-0.39, 0.29) is 37.2 Å². The molecule has 15 heteroatoms. The van der Waals surface area contributed by atoms with Crippen LogP contribution in [0.25, 0.3) is 0 Å². The number of likely N-dealkylation sites (N-methyl/N-ethyl adjacent to an activating group) is 3. The third-order valence-corrected chi connectivity index (χ3v) is 10.5. The van der Waals surface area contributed by atoms with Gasteiger partial charge < -0.3 is 45.2 Å². The smallest absolute Gasteiger partial charge is 0.246 e. The molecule has 15 nitrogen and oxygen atoms in total. The number of aromatic hydroxyl groups is 1. The van der Waals surface area contributed by atoms with Crippen LogP contribution in [0.2, 0.25) is 0 Å². The Morgan fingerprint density at radius 3 is 1.89 bits per heavy atom. The van der Waals surface area contributed by atoms with Crippen LogP contribution in [0.15, 0.2) is 66.7 Å². The molecule has 6 atom stereocenters. The van der Waals surface area contributed by atoms with Crippen molar-refractivity contribution in [2.75, 3.05) is 28.3 Å². The van der Waals surface area contributed by atoms with Crippen LogP contribution in [0.3, 0.4) is 0 Å². The van der Waals surface area contributed by atoms with Gasteiger partial charge in [0.15, 0.2) is 11.5 Å². The van der Waals surface area contributed by atoms with Gasteiger partial charge in [-0.2, -0.15) is 0 Å². The van der Waals surface area contributed by atoms with Crippen molar-refractivity contribution < 1.29 is 43.3 Å². The average molecular weight is 771 g/mol. The van der Waals surface area contributed by atoms with E-state index in [4.69, 9.17) is 9.47 Å². The van der Waals surface area contributed by atoms with E-state index in [1.165, 1.54) is 62.9 Å². The second-order valence-corrected chi connectivity index (χ2v) is 14.3. The third-order valence-electron chi connectivity index (χ3n) is 10.5. The van der Waals surface area contributed by atoms with Crippen LogP contribution in [0.1, 0.15) is 43.9 Å². The highest BCUT2D eigenvalue weighted by Gasteiger charge is 2.39. The topological polar surface area (TPSA) is 187 Å². The lowest BCUT2D eigenvalue weighted by Gasteiger charge is -2.37. The SMILES string of the molecule is CC[C@H]1NC(=O)[C@@H]2Cc3ccc(O)c(c3)Oc3ccc(cc3)C[C@@H](C(=O)N2C)N(C)C(=O)[C@H](C)NC(=O)[C@H](Cc2ccc(OC)cc2)N(C)C(=O)[C@H](C)NC1=O. The fraction of sp³-hybridized carbons (Fsp3) is 0.415. The molecular formula is C41H50N6O9. The fourth-order valence-corrected chi connectivity index (χ4v) is 6.89. The highest BCUT2D eigenvalue weighted by Crippen LogP contribution is 2.33. The van der Waals surface area contributed by atoms with Crippen molar-refractivity contribution in [1.82, 2.24) is 30.7 Å². The zero-order valence-corrected chi connectivity index (χ0v) is 32.7. The second-order valence-electron chi connectivity index (χ2n) is 14.3. The molecule has 0 unspecified atom stereocenters. The molecule has 298 valence electrons. The number of nitrogens with one attached hydrogen (secondary N) is 3. The molecule has 3 aromatic carbocycles. The Bertz CT molecular complexity index is 1950. The van der Waals surface area contributed by atoms with E-state index < -0.39 is 71.7 Å². The maximum atomic E-state index is 14.7. The van der Waals surface area contributed by atoms with Crippen LogP contribution in [0, 0.1) is 0 Å². The van der Waals surface area contributed by atoms with Crippen LogP contribution >= 0.6 is 0 Å². The summed E-state index contributed by atoms with van der Waals surface area (Å²) in [5.74, 6) is -2.61. The summed E-state index contributed by atoms with van der Waals surface area (Å²) >= 11 is 0. The summed E-state index contributed by atoms with van der Waals surface area (Å²) in [7, 11) is 5.90. The molecule has 3 aliphatic rings. The molecule has 0 aromatic heterocycles. The number of hydrogen-bond acceptors (Lipinski definition) is 9. The Hall–Kier alpha value is -6.12. The van der Waals surface area contributed by atoms with E-state index in [2.05, 4.69) is 16.0 Å². The van der Waals surface area contributed by atoms with Gasteiger partial charge in [-0.05, 0) is 73.4 Å². The quantitative estimate of drug-likeness (QED) is 0.308. The van der Waals surface area contributed by atoms with E-state index in [0.29, 0.717) is 28.2 Å². The van der Waals surface area contributed by atoms with Crippen LogP contribution in [0.4, 0.5) is 0 Å². The van der Waals surface area contributed by atoms with E-state index >= 15 is 0 Å². The van der Waals surface area contributed by atoms with Crippen molar-refractivity contribution in [3.63, 3.8) is 0 Å². The highest BCUT2D eigenvalue weighted by molar-refractivity contribution is 5.98. The van der Waals surface area contributed by atoms with Gasteiger partial charge in [-0.25, -0.2) is 0 Å². The molecule has 6 rings (SSSR count). The van der Waals surface area contributed by atoms with Gasteiger partial charge >= 0.3 is 0 Å². The van der Waals surface area contributed by atoms with Crippen molar-refractivity contribution in [2.24, 2.45) is 0 Å². The lowest BCUT2D eigenvalue weighted by atomic mass is 9.98. The first kappa shape index (κ1) is 41.1. The summed E-state index contributed by atoms with van der Waals surface area (Å²) < 4.78 is 11.3. The predicted molar refractivity (Wildman–Crippen MR) is 206 cm³/mol.